The molecule has 0 atom stereocenters. The molecule has 3 aromatic rings. The summed E-state index contributed by atoms with van der Waals surface area (Å²) in [6.07, 6.45) is 0. The van der Waals surface area contributed by atoms with E-state index in [9.17, 15) is 15.2 Å². The third-order valence-corrected chi connectivity index (χ3v) is 5.45. The number of fused-ring (bicyclic) bond motifs is 1. The van der Waals surface area contributed by atoms with Gasteiger partial charge in [0.15, 0.2) is 11.6 Å². The van der Waals surface area contributed by atoms with Gasteiger partial charge in [0.2, 0.25) is 0 Å². The summed E-state index contributed by atoms with van der Waals surface area (Å²) in [7, 11) is 0. The number of thiophene rings is 1. The number of benzene rings is 1. The second-order valence-corrected chi connectivity index (χ2v) is 7.29. The molecule has 132 valence electrons. The highest BCUT2D eigenvalue weighted by Gasteiger charge is 2.15. The van der Waals surface area contributed by atoms with E-state index in [0.717, 1.165) is 11.3 Å². The Labute approximate surface area is 158 Å². The summed E-state index contributed by atoms with van der Waals surface area (Å²) in [5, 5.41) is 21.4. The minimum absolute atomic E-state index is 0.0414. The summed E-state index contributed by atoms with van der Waals surface area (Å²) in [5.74, 6) is 0.381. The number of aliphatic hydroxyl groups is 1. The van der Waals surface area contributed by atoms with Crippen molar-refractivity contribution >= 4 is 45.7 Å². The number of imidazole rings is 1. The number of allylic oxidation sites excluding steroid dienone is 1. The Morgan fingerprint density at radius 2 is 2.19 bits per heavy atom. The minimum Gasteiger partial charge on any atom is -0.507 e. The average molecular weight is 385 g/mol. The first-order chi connectivity index (χ1) is 12.7. The van der Waals surface area contributed by atoms with Crippen LogP contribution in [0, 0.1) is 11.3 Å². The van der Waals surface area contributed by atoms with Crippen molar-refractivity contribution in [1.82, 2.24) is 9.97 Å². The summed E-state index contributed by atoms with van der Waals surface area (Å²) in [5.41, 5.74) is 1.40. The number of hydrogen-bond donors (Lipinski definition) is 2. The van der Waals surface area contributed by atoms with Crippen molar-refractivity contribution in [3.8, 4) is 6.07 Å². The molecule has 0 radical (unpaired) electrons. The maximum Gasteiger partial charge on any atom is 0.316 e. The zero-order chi connectivity index (χ0) is 18.4. The van der Waals surface area contributed by atoms with Crippen molar-refractivity contribution < 1.29 is 14.6 Å². The maximum atomic E-state index is 11.8. The number of carbonyl (C=O) groups is 1. The number of aliphatic hydroxyl groups excluding tert-OH is 1. The zero-order valence-corrected chi connectivity index (χ0v) is 15.3. The SMILES string of the molecule is N#C/C(=C(/O)COC(=O)CSCc1cccs1)c1nc2ccccc2[nH]1. The van der Waals surface area contributed by atoms with Crippen LogP contribution < -0.4 is 0 Å². The highest BCUT2D eigenvalue weighted by molar-refractivity contribution is 7.99. The standard InChI is InChI=1S/C18H15N3O3S2/c19-8-13(18-20-14-5-1-2-6-15(14)21-18)16(22)9-24-17(23)11-25-10-12-4-3-7-26-12/h1-7,22H,9-11H2,(H,20,21)/b16-13-. The van der Waals surface area contributed by atoms with Crippen LogP contribution in [0.3, 0.4) is 0 Å². The topological polar surface area (TPSA) is 99.0 Å². The van der Waals surface area contributed by atoms with Gasteiger partial charge in [0.1, 0.15) is 18.2 Å². The predicted molar refractivity (Wildman–Crippen MR) is 103 cm³/mol. The van der Waals surface area contributed by atoms with Crippen LogP contribution in [0.15, 0.2) is 47.5 Å². The van der Waals surface area contributed by atoms with Gasteiger partial charge >= 0.3 is 5.97 Å². The normalized spacial score (nSPS) is 11.8. The van der Waals surface area contributed by atoms with Crippen molar-refractivity contribution in [3.63, 3.8) is 0 Å². The molecule has 2 heterocycles. The second kappa shape index (κ2) is 8.56. The van der Waals surface area contributed by atoms with Crippen LogP contribution in [-0.4, -0.2) is 33.4 Å². The molecule has 6 nitrogen and oxygen atoms in total. The molecule has 0 aliphatic heterocycles. The Bertz CT molecular complexity index is 938. The van der Waals surface area contributed by atoms with Crippen LogP contribution in [0.2, 0.25) is 0 Å². The molecule has 2 N–H and O–H groups in total. The van der Waals surface area contributed by atoms with Crippen molar-refractivity contribution in [3.05, 3.63) is 58.2 Å². The number of carbonyl (C=O) groups excluding carboxylic acids is 1. The third kappa shape index (κ3) is 4.45. The van der Waals surface area contributed by atoms with E-state index in [1.54, 1.807) is 17.4 Å². The number of rotatable bonds is 7. The molecule has 2 aromatic heterocycles. The lowest BCUT2D eigenvalue weighted by Gasteiger charge is -2.05. The van der Waals surface area contributed by atoms with Gasteiger partial charge in [0, 0.05) is 10.6 Å². The van der Waals surface area contributed by atoms with Crippen LogP contribution in [0.5, 0.6) is 0 Å². The number of H-pyrrole nitrogens is 1. The Hall–Kier alpha value is -2.76. The number of esters is 1. The zero-order valence-electron chi connectivity index (χ0n) is 13.6. The van der Waals surface area contributed by atoms with Crippen LogP contribution >= 0.6 is 23.1 Å². The lowest BCUT2D eigenvalue weighted by Crippen LogP contribution is -2.11. The van der Waals surface area contributed by atoms with Gasteiger partial charge in [-0.3, -0.25) is 4.79 Å². The number of nitrogens with zero attached hydrogens (tertiary/aromatic N) is 2. The third-order valence-electron chi connectivity index (χ3n) is 3.44. The molecule has 0 saturated carbocycles. The number of nitrogens with one attached hydrogen (secondary N) is 1. The summed E-state index contributed by atoms with van der Waals surface area (Å²) >= 11 is 3.07. The highest BCUT2D eigenvalue weighted by atomic mass is 32.2. The first kappa shape index (κ1) is 18.0. The van der Waals surface area contributed by atoms with E-state index in [1.165, 1.54) is 16.6 Å². The molecular weight excluding hydrogens is 370 g/mol. The smallest absolute Gasteiger partial charge is 0.316 e. The lowest BCUT2D eigenvalue weighted by atomic mass is 10.2. The molecule has 0 unspecified atom stereocenters. The first-order valence-electron chi connectivity index (χ1n) is 7.70. The molecule has 0 bridgehead atoms. The Morgan fingerprint density at radius 3 is 2.92 bits per heavy atom. The van der Waals surface area contributed by atoms with Gasteiger partial charge in [-0.15, -0.1) is 23.1 Å². The fourth-order valence-electron chi connectivity index (χ4n) is 2.22. The van der Waals surface area contributed by atoms with Crippen LogP contribution in [-0.2, 0) is 15.3 Å². The number of aromatic amines is 1. The molecule has 0 spiro atoms. The summed E-state index contributed by atoms with van der Waals surface area (Å²) in [6.45, 7) is -0.363. The van der Waals surface area contributed by atoms with Crippen molar-refractivity contribution in [2.24, 2.45) is 0 Å². The summed E-state index contributed by atoms with van der Waals surface area (Å²) in [6, 6.07) is 13.2. The molecule has 1 aromatic carbocycles. The lowest BCUT2D eigenvalue weighted by molar-refractivity contribution is -0.140. The van der Waals surface area contributed by atoms with E-state index < -0.39 is 5.97 Å². The summed E-state index contributed by atoms with van der Waals surface area (Å²) in [4.78, 5) is 20.2. The molecule has 0 fully saturated rings. The molecule has 26 heavy (non-hydrogen) atoms. The molecule has 3 rings (SSSR count). The fraction of sp³-hybridized carbons (Fsp3) is 0.167. The number of nitriles is 1. The fourth-order valence-corrected chi connectivity index (χ4v) is 3.88. The van der Waals surface area contributed by atoms with E-state index in [2.05, 4.69) is 9.97 Å². The monoisotopic (exact) mass is 385 g/mol. The molecule has 0 aliphatic carbocycles. The minimum atomic E-state index is -0.444. The van der Waals surface area contributed by atoms with Crippen LogP contribution in [0.1, 0.15) is 10.7 Å². The van der Waals surface area contributed by atoms with Gasteiger partial charge in [-0.2, -0.15) is 5.26 Å². The highest BCUT2D eigenvalue weighted by Crippen LogP contribution is 2.19. The Balaban J connectivity index is 1.58. The number of para-hydroxylation sites is 2. The quantitative estimate of drug-likeness (QED) is 0.364. The van der Waals surface area contributed by atoms with Crippen LogP contribution in [0.4, 0.5) is 0 Å². The predicted octanol–water partition coefficient (Wildman–Crippen LogP) is 3.89. The number of thioether (sulfide) groups is 1. The Kier molecular flexibility index (Phi) is 5.94. The van der Waals surface area contributed by atoms with Crippen molar-refractivity contribution in [2.45, 2.75) is 5.75 Å². The van der Waals surface area contributed by atoms with Crippen molar-refractivity contribution in [2.75, 3.05) is 12.4 Å². The van der Waals surface area contributed by atoms with Gasteiger partial charge < -0.3 is 14.8 Å². The summed E-state index contributed by atoms with van der Waals surface area (Å²) < 4.78 is 5.04. The maximum absolute atomic E-state index is 11.8. The molecular formula is C18H15N3O3S2. The van der Waals surface area contributed by atoms with E-state index in [-0.39, 0.29) is 29.5 Å². The van der Waals surface area contributed by atoms with E-state index in [0.29, 0.717) is 5.52 Å². The van der Waals surface area contributed by atoms with Gasteiger partial charge in [-0.05, 0) is 23.6 Å². The van der Waals surface area contributed by atoms with Crippen molar-refractivity contribution in [1.29, 1.82) is 5.26 Å². The molecule has 0 saturated heterocycles. The van der Waals surface area contributed by atoms with E-state index in [1.807, 2.05) is 41.8 Å². The molecule has 0 aliphatic rings. The molecule has 8 heteroatoms. The number of ether oxygens (including phenoxy) is 1. The molecule has 0 amide bonds. The van der Waals surface area contributed by atoms with Gasteiger partial charge in [-0.1, -0.05) is 18.2 Å². The van der Waals surface area contributed by atoms with Crippen LogP contribution in [0.25, 0.3) is 16.6 Å². The van der Waals surface area contributed by atoms with E-state index in [4.69, 9.17) is 4.74 Å². The largest absolute Gasteiger partial charge is 0.507 e. The van der Waals surface area contributed by atoms with Gasteiger partial charge in [0.05, 0.1) is 16.8 Å². The Morgan fingerprint density at radius 1 is 1.35 bits per heavy atom. The number of hydrogen-bond acceptors (Lipinski definition) is 7. The van der Waals surface area contributed by atoms with E-state index >= 15 is 0 Å². The van der Waals surface area contributed by atoms with Gasteiger partial charge in [-0.25, -0.2) is 4.98 Å². The second-order valence-electron chi connectivity index (χ2n) is 5.27. The van der Waals surface area contributed by atoms with Gasteiger partial charge in [0.25, 0.3) is 0 Å². The first-order valence-corrected chi connectivity index (χ1v) is 9.74. The number of aromatic nitrogens is 2. The average Bonchev–Trinajstić information content (AvgIpc) is 3.30.